The molecular formula is C17H19NO3. The van der Waals surface area contributed by atoms with Crippen LogP contribution in [0.3, 0.4) is 0 Å². The van der Waals surface area contributed by atoms with Crippen LogP contribution >= 0.6 is 0 Å². The molecule has 0 aromatic heterocycles. The first-order valence-electron chi connectivity index (χ1n) is 7.20. The van der Waals surface area contributed by atoms with E-state index in [9.17, 15) is 9.90 Å². The molecule has 1 unspecified atom stereocenters. The molecule has 4 heteroatoms. The van der Waals surface area contributed by atoms with E-state index in [4.69, 9.17) is 4.74 Å². The Morgan fingerprint density at radius 1 is 1.29 bits per heavy atom. The quantitative estimate of drug-likeness (QED) is 0.856. The van der Waals surface area contributed by atoms with Gasteiger partial charge in [-0.2, -0.15) is 0 Å². The lowest BCUT2D eigenvalue weighted by molar-refractivity contribution is -0.147. The summed E-state index contributed by atoms with van der Waals surface area (Å²) in [6, 6.07) is 13.8. The largest absolute Gasteiger partial charge is 0.490 e. The fraction of sp³-hybridized carbons (Fsp3) is 0.353. The molecule has 4 nitrogen and oxygen atoms in total. The van der Waals surface area contributed by atoms with Crippen LogP contribution in [-0.4, -0.2) is 30.3 Å². The minimum Gasteiger partial charge on any atom is -0.490 e. The summed E-state index contributed by atoms with van der Waals surface area (Å²) in [6.07, 6.45) is 1.87. The van der Waals surface area contributed by atoms with Gasteiger partial charge >= 0.3 is 5.97 Å². The van der Waals surface area contributed by atoms with E-state index in [2.05, 4.69) is 5.32 Å². The van der Waals surface area contributed by atoms with Crippen LogP contribution in [0.25, 0.3) is 10.8 Å². The number of nitrogens with one attached hydrogen (secondary N) is 1. The Morgan fingerprint density at radius 2 is 2.00 bits per heavy atom. The molecule has 1 saturated carbocycles. The number of ether oxygens (including phenoxy) is 1. The third-order valence-electron chi connectivity index (χ3n) is 4.31. The first kappa shape index (κ1) is 13.9. The summed E-state index contributed by atoms with van der Waals surface area (Å²) in [4.78, 5) is 11.7. The van der Waals surface area contributed by atoms with Crippen LogP contribution in [0.5, 0.6) is 5.75 Å². The molecule has 0 saturated heterocycles. The standard InChI is InChI=1S/C17H19NO3/c1-18-17(16(19)20,13-9-10-13)11-21-15-8-4-6-12-5-2-3-7-14(12)15/h2-8,13,18H,9-11H2,1H3,(H,19,20). The summed E-state index contributed by atoms with van der Waals surface area (Å²) < 4.78 is 5.89. The number of hydrogen-bond donors (Lipinski definition) is 2. The van der Waals surface area contributed by atoms with Crippen LogP contribution in [0, 0.1) is 5.92 Å². The maximum absolute atomic E-state index is 11.7. The molecule has 1 fully saturated rings. The molecule has 2 aromatic carbocycles. The third-order valence-corrected chi connectivity index (χ3v) is 4.31. The molecule has 0 heterocycles. The highest BCUT2D eigenvalue weighted by Gasteiger charge is 2.51. The molecule has 110 valence electrons. The lowest BCUT2D eigenvalue weighted by Gasteiger charge is -2.29. The van der Waals surface area contributed by atoms with Gasteiger partial charge in [0.1, 0.15) is 12.4 Å². The molecular weight excluding hydrogens is 266 g/mol. The van der Waals surface area contributed by atoms with Crippen LogP contribution in [0.1, 0.15) is 12.8 Å². The predicted octanol–water partition coefficient (Wildman–Crippen LogP) is 2.67. The highest BCUT2D eigenvalue weighted by Crippen LogP contribution is 2.40. The van der Waals surface area contributed by atoms with Crippen molar-refractivity contribution < 1.29 is 14.6 Å². The molecule has 0 spiro atoms. The zero-order valence-corrected chi connectivity index (χ0v) is 12.0. The zero-order chi connectivity index (χ0) is 14.9. The molecule has 0 bridgehead atoms. The van der Waals surface area contributed by atoms with Crippen molar-refractivity contribution in [2.45, 2.75) is 18.4 Å². The maximum Gasteiger partial charge on any atom is 0.327 e. The normalized spacial score (nSPS) is 17.4. The minimum atomic E-state index is -0.989. The van der Waals surface area contributed by atoms with Crippen molar-refractivity contribution in [2.24, 2.45) is 5.92 Å². The van der Waals surface area contributed by atoms with Crippen LogP contribution < -0.4 is 10.1 Å². The summed E-state index contributed by atoms with van der Waals surface area (Å²) >= 11 is 0. The zero-order valence-electron chi connectivity index (χ0n) is 12.0. The Labute approximate surface area is 123 Å². The van der Waals surface area contributed by atoms with Crippen LogP contribution in [0.4, 0.5) is 0 Å². The molecule has 3 rings (SSSR count). The van der Waals surface area contributed by atoms with Gasteiger partial charge in [-0.25, -0.2) is 0 Å². The Hall–Kier alpha value is -2.07. The van der Waals surface area contributed by atoms with Gasteiger partial charge in [-0.3, -0.25) is 4.79 Å². The number of carbonyl (C=O) groups is 1. The van der Waals surface area contributed by atoms with Crippen LogP contribution in [0.15, 0.2) is 42.5 Å². The highest BCUT2D eigenvalue weighted by atomic mass is 16.5. The topological polar surface area (TPSA) is 58.6 Å². The summed E-state index contributed by atoms with van der Waals surface area (Å²) in [5, 5.41) is 14.6. The van der Waals surface area contributed by atoms with Gasteiger partial charge in [0.2, 0.25) is 0 Å². The number of carboxylic acid groups (broad SMARTS) is 1. The second-order valence-electron chi connectivity index (χ2n) is 5.57. The molecule has 1 atom stereocenters. The Morgan fingerprint density at radius 3 is 2.67 bits per heavy atom. The summed E-state index contributed by atoms with van der Waals surface area (Å²) in [5.41, 5.74) is -0.989. The van der Waals surface area contributed by atoms with E-state index in [0.717, 1.165) is 29.4 Å². The van der Waals surface area contributed by atoms with Gasteiger partial charge in [-0.15, -0.1) is 0 Å². The SMILES string of the molecule is CNC(COc1cccc2ccccc12)(C(=O)O)C1CC1. The number of benzene rings is 2. The predicted molar refractivity (Wildman–Crippen MR) is 81.6 cm³/mol. The lowest BCUT2D eigenvalue weighted by Crippen LogP contribution is -2.56. The first-order valence-corrected chi connectivity index (χ1v) is 7.20. The minimum absolute atomic E-state index is 0.136. The van der Waals surface area contributed by atoms with Crippen molar-refractivity contribution in [3.63, 3.8) is 0 Å². The van der Waals surface area contributed by atoms with E-state index in [1.165, 1.54) is 0 Å². The number of aliphatic carboxylic acids is 1. The number of fused-ring (bicyclic) bond motifs is 1. The Kier molecular flexibility index (Phi) is 3.55. The van der Waals surface area contributed by atoms with E-state index in [-0.39, 0.29) is 12.5 Å². The highest BCUT2D eigenvalue weighted by molar-refractivity contribution is 5.88. The summed E-state index contributed by atoms with van der Waals surface area (Å²) in [5.74, 6) is 0.0392. The van der Waals surface area contributed by atoms with Gasteiger partial charge in [0.25, 0.3) is 0 Å². The molecule has 21 heavy (non-hydrogen) atoms. The smallest absolute Gasteiger partial charge is 0.327 e. The number of likely N-dealkylation sites (N-methyl/N-ethyl adjacent to an activating group) is 1. The van der Waals surface area contributed by atoms with Crippen molar-refractivity contribution in [2.75, 3.05) is 13.7 Å². The average Bonchev–Trinajstić information content (AvgIpc) is 3.33. The monoisotopic (exact) mass is 285 g/mol. The van der Waals surface area contributed by atoms with Crippen molar-refractivity contribution in [3.05, 3.63) is 42.5 Å². The van der Waals surface area contributed by atoms with Crippen molar-refractivity contribution in [3.8, 4) is 5.75 Å². The maximum atomic E-state index is 11.7. The number of hydrogen-bond acceptors (Lipinski definition) is 3. The van der Waals surface area contributed by atoms with E-state index < -0.39 is 11.5 Å². The van der Waals surface area contributed by atoms with Gasteiger partial charge in [-0.05, 0) is 37.3 Å². The van der Waals surface area contributed by atoms with Gasteiger partial charge in [-0.1, -0.05) is 36.4 Å². The van der Waals surface area contributed by atoms with E-state index in [1.54, 1.807) is 7.05 Å². The molecule has 1 aliphatic carbocycles. The van der Waals surface area contributed by atoms with Crippen LogP contribution in [-0.2, 0) is 4.79 Å². The van der Waals surface area contributed by atoms with Crippen molar-refractivity contribution in [1.82, 2.24) is 5.32 Å². The fourth-order valence-corrected chi connectivity index (χ4v) is 2.83. The summed E-state index contributed by atoms with van der Waals surface area (Å²) in [6.45, 7) is 0.136. The van der Waals surface area contributed by atoms with Gasteiger partial charge in [0.15, 0.2) is 5.54 Å². The second kappa shape index (κ2) is 5.37. The first-order chi connectivity index (χ1) is 10.2. The molecule has 2 N–H and O–H groups in total. The summed E-state index contributed by atoms with van der Waals surface area (Å²) in [7, 11) is 1.69. The molecule has 1 aliphatic rings. The second-order valence-corrected chi connectivity index (χ2v) is 5.57. The average molecular weight is 285 g/mol. The molecule has 0 radical (unpaired) electrons. The molecule has 0 amide bonds. The Bertz CT molecular complexity index is 661. The fourth-order valence-electron chi connectivity index (χ4n) is 2.83. The van der Waals surface area contributed by atoms with E-state index in [1.807, 2.05) is 42.5 Å². The molecule has 2 aromatic rings. The number of carboxylic acids is 1. The van der Waals surface area contributed by atoms with Gasteiger partial charge < -0.3 is 15.2 Å². The lowest BCUT2D eigenvalue weighted by atomic mass is 9.94. The Balaban J connectivity index is 1.87. The third kappa shape index (κ3) is 2.47. The molecule has 0 aliphatic heterocycles. The van der Waals surface area contributed by atoms with Crippen molar-refractivity contribution >= 4 is 16.7 Å². The van der Waals surface area contributed by atoms with E-state index >= 15 is 0 Å². The van der Waals surface area contributed by atoms with Crippen molar-refractivity contribution in [1.29, 1.82) is 0 Å². The van der Waals surface area contributed by atoms with Gasteiger partial charge in [0.05, 0.1) is 0 Å². The van der Waals surface area contributed by atoms with Gasteiger partial charge in [0, 0.05) is 5.39 Å². The van der Waals surface area contributed by atoms with Crippen LogP contribution in [0.2, 0.25) is 0 Å². The van der Waals surface area contributed by atoms with E-state index in [0.29, 0.717) is 0 Å². The number of rotatable bonds is 6.